The van der Waals surface area contributed by atoms with Crippen LogP contribution in [-0.4, -0.2) is 23.1 Å². The van der Waals surface area contributed by atoms with Crippen LogP contribution in [0.25, 0.3) is 21.3 Å². The van der Waals surface area contributed by atoms with E-state index in [9.17, 15) is 4.39 Å². The average molecular weight is 378 g/mol. The van der Waals surface area contributed by atoms with Crippen LogP contribution >= 0.6 is 22.9 Å². The molecular weight excluding hydrogens is 357 g/mol. The molecule has 0 fully saturated rings. The summed E-state index contributed by atoms with van der Waals surface area (Å²) in [6.45, 7) is 8.19. The van der Waals surface area contributed by atoms with Gasteiger partial charge in [-0.2, -0.15) is 4.98 Å². The van der Waals surface area contributed by atoms with Crippen LogP contribution in [0.3, 0.4) is 0 Å². The number of anilines is 1. The van der Waals surface area contributed by atoms with Gasteiger partial charge in [-0.05, 0) is 49.1 Å². The third-order valence-corrected chi connectivity index (χ3v) is 5.27. The molecule has 0 aliphatic carbocycles. The molecule has 0 radical (unpaired) electrons. The molecule has 0 aliphatic heterocycles. The number of aromatic nitrogens is 2. The molecule has 132 valence electrons. The molecule has 0 atom stereocenters. The molecule has 0 N–H and O–H groups in total. The fourth-order valence-electron chi connectivity index (χ4n) is 3.12. The summed E-state index contributed by atoms with van der Waals surface area (Å²) in [5.74, 6) is 0.640. The SMILES string of the molecule is CCCN(CCC)c1nc(Cl)nc2sc(C)c(-c3ccc(F)cc3)c12. The fraction of sp³-hybridized carbons (Fsp3) is 0.368. The van der Waals surface area contributed by atoms with Crippen molar-refractivity contribution in [3.63, 3.8) is 0 Å². The summed E-state index contributed by atoms with van der Waals surface area (Å²) in [6.07, 6.45) is 2.05. The van der Waals surface area contributed by atoms with E-state index >= 15 is 0 Å². The van der Waals surface area contributed by atoms with Crippen molar-refractivity contribution in [2.45, 2.75) is 33.6 Å². The Kier molecular flexibility index (Phi) is 5.54. The normalized spacial score (nSPS) is 11.2. The van der Waals surface area contributed by atoms with Gasteiger partial charge >= 0.3 is 0 Å². The second kappa shape index (κ2) is 7.67. The van der Waals surface area contributed by atoms with Gasteiger partial charge in [-0.1, -0.05) is 26.0 Å². The largest absolute Gasteiger partial charge is 0.356 e. The lowest BCUT2D eigenvalue weighted by Gasteiger charge is -2.24. The lowest BCUT2D eigenvalue weighted by Crippen LogP contribution is -2.26. The Bertz CT molecular complexity index is 871. The monoisotopic (exact) mass is 377 g/mol. The number of halogens is 2. The first-order valence-electron chi connectivity index (χ1n) is 8.52. The van der Waals surface area contributed by atoms with Crippen molar-refractivity contribution < 1.29 is 4.39 Å². The van der Waals surface area contributed by atoms with Crippen LogP contribution in [0.2, 0.25) is 5.28 Å². The Hall–Kier alpha value is -1.72. The first-order valence-corrected chi connectivity index (χ1v) is 9.72. The summed E-state index contributed by atoms with van der Waals surface area (Å²) in [4.78, 5) is 13.3. The summed E-state index contributed by atoms with van der Waals surface area (Å²) in [7, 11) is 0. The summed E-state index contributed by atoms with van der Waals surface area (Å²) in [5.41, 5.74) is 2.05. The van der Waals surface area contributed by atoms with Crippen molar-refractivity contribution in [1.82, 2.24) is 9.97 Å². The fourth-order valence-corrected chi connectivity index (χ4v) is 4.38. The lowest BCUT2D eigenvalue weighted by molar-refractivity contribution is 0.628. The Morgan fingerprint density at radius 1 is 1.08 bits per heavy atom. The minimum atomic E-state index is -0.237. The molecule has 2 heterocycles. The maximum Gasteiger partial charge on any atom is 0.225 e. The molecule has 6 heteroatoms. The van der Waals surface area contributed by atoms with E-state index in [0.717, 1.165) is 58.0 Å². The number of benzene rings is 1. The Balaban J connectivity index is 2.27. The van der Waals surface area contributed by atoms with E-state index in [4.69, 9.17) is 11.6 Å². The van der Waals surface area contributed by atoms with Crippen LogP contribution in [0.4, 0.5) is 10.2 Å². The predicted molar refractivity (Wildman–Crippen MR) is 105 cm³/mol. The Labute approximate surface area is 156 Å². The van der Waals surface area contributed by atoms with Gasteiger partial charge in [0.2, 0.25) is 5.28 Å². The summed E-state index contributed by atoms with van der Waals surface area (Å²) < 4.78 is 13.4. The first kappa shape index (κ1) is 18.1. The van der Waals surface area contributed by atoms with E-state index in [-0.39, 0.29) is 11.1 Å². The topological polar surface area (TPSA) is 29.0 Å². The van der Waals surface area contributed by atoms with Gasteiger partial charge in [0, 0.05) is 23.5 Å². The smallest absolute Gasteiger partial charge is 0.225 e. The average Bonchev–Trinajstić information content (AvgIpc) is 2.90. The highest BCUT2D eigenvalue weighted by molar-refractivity contribution is 7.19. The zero-order valence-corrected chi connectivity index (χ0v) is 16.2. The molecule has 25 heavy (non-hydrogen) atoms. The van der Waals surface area contributed by atoms with Crippen molar-refractivity contribution in [1.29, 1.82) is 0 Å². The van der Waals surface area contributed by atoms with Crippen LogP contribution < -0.4 is 4.90 Å². The number of nitrogens with zero attached hydrogens (tertiary/aromatic N) is 3. The third kappa shape index (κ3) is 3.62. The maximum absolute atomic E-state index is 13.4. The second-order valence-corrected chi connectivity index (χ2v) is 7.56. The molecular formula is C19H21ClFN3S. The summed E-state index contributed by atoms with van der Waals surface area (Å²) in [6, 6.07) is 6.60. The van der Waals surface area contributed by atoms with Crippen molar-refractivity contribution in [3.8, 4) is 11.1 Å². The second-order valence-electron chi connectivity index (χ2n) is 6.02. The van der Waals surface area contributed by atoms with Gasteiger partial charge in [-0.25, -0.2) is 9.37 Å². The van der Waals surface area contributed by atoms with Gasteiger partial charge in [-0.15, -0.1) is 11.3 Å². The molecule has 1 aromatic carbocycles. The highest BCUT2D eigenvalue weighted by atomic mass is 35.5. The van der Waals surface area contributed by atoms with E-state index in [1.54, 1.807) is 11.3 Å². The zero-order valence-electron chi connectivity index (χ0n) is 14.6. The number of hydrogen-bond acceptors (Lipinski definition) is 4. The minimum absolute atomic E-state index is 0.237. The molecule has 0 bridgehead atoms. The summed E-state index contributed by atoms with van der Waals surface area (Å²) >= 11 is 7.81. The molecule has 0 saturated heterocycles. The Morgan fingerprint density at radius 3 is 2.32 bits per heavy atom. The Morgan fingerprint density at radius 2 is 1.72 bits per heavy atom. The molecule has 0 spiro atoms. The highest BCUT2D eigenvalue weighted by Gasteiger charge is 2.21. The van der Waals surface area contributed by atoms with Gasteiger partial charge in [-0.3, -0.25) is 0 Å². The maximum atomic E-state index is 13.4. The van der Waals surface area contributed by atoms with Crippen molar-refractivity contribution in [2.75, 3.05) is 18.0 Å². The van der Waals surface area contributed by atoms with Crippen LogP contribution in [0.15, 0.2) is 24.3 Å². The van der Waals surface area contributed by atoms with E-state index in [1.165, 1.54) is 12.1 Å². The van der Waals surface area contributed by atoms with Crippen LogP contribution in [0.5, 0.6) is 0 Å². The van der Waals surface area contributed by atoms with Crippen molar-refractivity contribution in [2.24, 2.45) is 0 Å². The molecule has 0 unspecified atom stereocenters. The molecule has 3 rings (SSSR count). The van der Waals surface area contributed by atoms with E-state index in [0.29, 0.717) is 0 Å². The standard InChI is InChI=1S/C19H21ClFN3S/c1-4-10-24(11-5-2)17-16-15(13-6-8-14(21)9-7-13)12(3)25-18(16)23-19(20)22-17/h6-9H,4-5,10-11H2,1-3H3. The van der Waals surface area contributed by atoms with Gasteiger partial charge in [0.1, 0.15) is 16.5 Å². The van der Waals surface area contributed by atoms with Gasteiger partial charge in [0.15, 0.2) is 0 Å². The quantitative estimate of drug-likeness (QED) is 0.487. The molecule has 0 amide bonds. The number of hydrogen-bond donors (Lipinski definition) is 0. The van der Waals surface area contributed by atoms with Crippen LogP contribution in [0.1, 0.15) is 31.6 Å². The highest BCUT2D eigenvalue weighted by Crippen LogP contribution is 2.42. The van der Waals surface area contributed by atoms with Crippen LogP contribution in [-0.2, 0) is 0 Å². The van der Waals surface area contributed by atoms with E-state index < -0.39 is 0 Å². The molecule has 0 aliphatic rings. The molecule has 3 nitrogen and oxygen atoms in total. The molecule has 0 saturated carbocycles. The lowest BCUT2D eigenvalue weighted by atomic mass is 10.0. The van der Waals surface area contributed by atoms with E-state index in [2.05, 4.69) is 35.6 Å². The molecule has 2 aromatic heterocycles. The van der Waals surface area contributed by atoms with Gasteiger partial charge in [0.05, 0.1) is 5.39 Å². The third-order valence-electron chi connectivity index (χ3n) is 4.10. The predicted octanol–water partition coefficient (Wildman–Crippen LogP) is 6.09. The molecule has 3 aromatic rings. The number of rotatable bonds is 6. The van der Waals surface area contributed by atoms with Gasteiger partial charge in [0.25, 0.3) is 0 Å². The van der Waals surface area contributed by atoms with Crippen molar-refractivity contribution in [3.05, 3.63) is 40.2 Å². The zero-order chi connectivity index (χ0) is 18.0. The first-order chi connectivity index (χ1) is 12.0. The number of fused-ring (bicyclic) bond motifs is 1. The number of aryl methyl sites for hydroxylation is 1. The van der Waals surface area contributed by atoms with Crippen LogP contribution in [0, 0.1) is 12.7 Å². The minimum Gasteiger partial charge on any atom is -0.356 e. The number of thiophene rings is 1. The van der Waals surface area contributed by atoms with E-state index in [1.807, 2.05) is 12.1 Å². The van der Waals surface area contributed by atoms with Crippen molar-refractivity contribution >= 4 is 39.0 Å². The van der Waals surface area contributed by atoms with Gasteiger partial charge < -0.3 is 4.90 Å². The summed E-state index contributed by atoms with van der Waals surface area (Å²) in [5, 5.41) is 1.28.